The molecule has 180 valence electrons. The van der Waals surface area contributed by atoms with E-state index in [0.29, 0.717) is 17.7 Å². The number of hydrogen-bond donors (Lipinski definition) is 1. The van der Waals surface area contributed by atoms with Crippen molar-refractivity contribution in [1.82, 2.24) is 10.3 Å². The SMILES string of the molecule is Cc1ccc(Cl)c(N(CC(=O)NCc2ccncc2)S(=O)(=O)c2ccc(C(F)(F)F)cc2Cl)c1. The second-order valence-electron chi connectivity index (χ2n) is 7.24. The quantitative estimate of drug-likeness (QED) is 0.452. The number of sulfonamides is 1. The Morgan fingerprint density at radius 3 is 2.32 bits per heavy atom. The number of aryl methyl sites for hydroxylation is 1. The van der Waals surface area contributed by atoms with Crippen molar-refractivity contribution >= 4 is 44.8 Å². The van der Waals surface area contributed by atoms with E-state index in [2.05, 4.69) is 10.3 Å². The summed E-state index contributed by atoms with van der Waals surface area (Å²) in [5.74, 6) is -0.666. The highest BCUT2D eigenvalue weighted by molar-refractivity contribution is 7.93. The number of aromatic nitrogens is 1. The van der Waals surface area contributed by atoms with Crippen molar-refractivity contribution in [3.63, 3.8) is 0 Å². The normalized spacial score (nSPS) is 11.8. The molecule has 0 aliphatic heterocycles. The Balaban J connectivity index is 1.99. The van der Waals surface area contributed by atoms with Gasteiger partial charge in [-0.05, 0) is 60.5 Å². The van der Waals surface area contributed by atoms with Crippen molar-refractivity contribution in [3.8, 4) is 0 Å². The molecule has 34 heavy (non-hydrogen) atoms. The zero-order chi connectivity index (χ0) is 25.1. The number of carbonyl (C=O) groups is 1. The first-order valence-electron chi connectivity index (χ1n) is 9.71. The van der Waals surface area contributed by atoms with Crippen LogP contribution >= 0.6 is 23.2 Å². The van der Waals surface area contributed by atoms with Crippen molar-refractivity contribution in [2.75, 3.05) is 10.8 Å². The minimum atomic E-state index is -4.71. The molecule has 0 aliphatic rings. The van der Waals surface area contributed by atoms with Gasteiger partial charge in [0.25, 0.3) is 10.0 Å². The summed E-state index contributed by atoms with van der Waals surface area (Å²) in [6, 6.07) is 9.79. The summed E-state index contributed by atoms with van der Waals surface area (Å²) in [6.07, 6.45) is -1.63. The largest absolute Gasteiger partial charge is 0.416 e. The maximum atomic E-state index is 13.5. The molecule has 0 fully saturated rings. The zero-order valence-electron chi connectivity index (χ0n) is 17.6. The fourth-order valence-corrected chi connectivity index (χ4v) is 5.23. The predicted molar refractivity (Wildman–Crippen MR) is 123 cm³/mol. The van der Waals surface area contributed by atoms with Gasteiger partial charge in [0, 0.05) is 18.9 Å². The van der Waals surface area contributed by atoms with Gasteiger partial charge < -0.3 is 5.32 Å². The number of hydrogen-bond acceptors (Lipinski definition) is 4. The van der Waals surface area contributed by atoms with E-state index >= 15 is 0 Å². The van der Waals surface area contributed by atoms with Gasteiger partial charge in [0.1, 0.15) is 11.4 Å². The molecule has 0 unspecified atom stereocenters. The number of halogens is 5. The van der Waals surface area contributed by atoms with Crippen LogP contribution in [0.5, 0.6) is 0 Å². The number of carbonyl (C=O) groups excluding carboxylic acids is 1. The molecule has 3 rings (SSSR count). The van der Waals surface area contributed by atoms with Crippen molar-refractivity contribution in [3.05, 3.63) is 87.7 Å². The first-order chi connectivity index (χ1) is 15.9. The number of rotatable bonds is 7. The molecule has 6 nitrogen and oxygen atoms in total. The van der Waals surface area contributed by atoms with Crippen LogP contribution in [0.25, 0.3) is 0 Å². The third-order valence-corrected chi connectivity index (χ3v) is 7.29. The van der Waals surface area contributed by atoms with Crippen LogP contribution in [0.15, 0.2) is 65.8 Å². The standard InChI is InChI=1S/C22H18Cl2F3N3O3S/c1-14-2-4-17(23)19(10-14)30(13-21(31)29-12-15-6-8-28-9-7-15)34(32,33)20-5-3-16(11-18(20)24)22(25,26)27/h2-11H,12-13H2,1H3,(H,29,31). The van der Waals surface area contributed by atoms with Crippen LogP contribution in [-0.2, 0) is 27.5 Å². The Hall–Kier alpha value is -2.82. The summed E-state index contributed by atoms with van der Waals surface area (Å²) < 4.78 is 66.8. The lowest BCUT2D eigenvalue weighted by molar-refractivity contribution is -0.137. The molecule has 1 amide bonds. The second-order valence-corrected chi connectivity index (χ2v) is 9.89. The van der Waals surface area contributed by atoms with Crippen LogP contribution in [0.2, 0.25) is 10.0 Å². The number of nitrogens with one attached hydrogen (secondary N) is 1. The van der Waals surface area contributed by atoms with Gasteiger partial charge in [-0.3, -0.25) is 14.1 Å². The molecule has 1 N–H and O–H groups in total. The molecule has 0 saturated heterocycles. The summed E-state index contributed by atoms with van der Waals surface area (Å²) >= 11 is 12.2. The second kappa shape index (κ2) is 10.2. The van der Waals surface area contributed by atoms with Gasteiger partial charge in [-0.15, -0.1) is 0 Å². The van der Waals surface area contributed by atoms with E-state index in [9.17, 15) is 26.4 Å². The molecule has 0 bridgehead atoms. The van der Waals surface area contributed by atoms with Gasteiger partial charge in [0.05, 0.1) is 21.3 Å². The topological polar surface area (TPSA) is 79.4 Å². The van der Waals surface area contributed by atoms with Gasteiger partial charge in [0.15, 0.2) is 0 Å². The minimum absolute atomic E-state index is 0.0170. The maximum Gasteiger partial charge on any atom is 0.416 e. The van der Waals surface area contributed by atoms with Crippen molar-refractivity contribution in [1.29, 1.82) is 0 Å². The number of amides is 1. The highest BCUT2D eigenvalue weighted by atomic mass is 35.5. The maximum absolute atomic E-state index is 13.5. The Morgan fingerprint density at radius 2 is 1.71 bits per heavy atom. The van der Waals surface area contributed by atoms with Gasteiger partial charge >= 0.3 is 6.18 Å². The molecule has 0 radical (unpaired) electrons. The van der Waals surface area contributed by atoms with Crippen LogP contribution in [0.1, 0.15) is 16.7 Å². The van der Waals surface area contributed by atoms with E-state index in [4.69, 9.17) is 23.2 Å². The summed E-state index contributed by atoms with van der Waals surface area (Å²) in [7, 11) is -4.59. The zero-order valence-corrected chi connectivity index (χ0v) is 19.9. The molecule has 0 aliphatic carbocycles. The van der Waals surface area contributed by atoms with Crippen molar-refractivity contribution in [2.24, 2.45) is 0 Å². The molecule has 0 spiro atoms. The predicted octanol–water partition coefficient (Wildman–Crippen LogP) is 5.23. The number of alkyl halides is 3. The van der Waals surface area contributed by atoms with E-state index in [1.165, 1.54) is 24.5 Å². The van der Waals surface area contributed by atoms with E-state index in [-0.39, 0.29) is 17.3 Å². The van der Waals surface area contributed by atoms with Gasteiger partial charge in [-0.1, -0.05) is 29.3 Å². The summed E-state index contributed by atoms with van der Waals surface area (Å²) in [5.41, 5.74) is 0.260. The lowest BCUT2D eigenvalue weighted by Gasteiger charge is -2.26. The number of benzene rings is 2. The van der Waals surface area contributed by atoms with Crippen LogP contribution in [0.4, 0.5) is 18.9 Å². The fraction of sp³-hybridized carbons (Fsp3) is 0.182. The molecule has 1 heterocycles. The molecule has 12 heteroatoms. The van der Waals surface area contributed by atoms with Crippen LogP contribution < -0.4 is 9.62 Å². The fourth-order valence-electron chi connectivity index (χ4n) is 3.01. The molecular formula is C22H18Cl2F3N3O3S. The summed E-state index contributed by atoms with van der Waals surface area (Å²) in [6.45, 7) is 1.12. The Kier molecular flexibility index (Phi) is 7.74. The van der Waals surface area contributed by atoms with E-state index in [1.807, 2.05) is 0 Å². The molecule has 1 aromatic heterocycles. The monoisotopic (exact) mass is 531 g/mol. The highest BCUT2D eigenvalue weighted by Crippen LogP contribution is 2.37. The Morgan fingerprint density at radius 1 is 1.03 bits per heavy atom. The number of pyridine rings is 1. The summed E-state index contributed by atoms with van der Waals surface area (Å²) in [4.78, 5) is 16.0. The average molecular weight is 532 g/mol. The smallest absolute Gasteiger partial charge is 0.350 e. The Bertz CT molecular complexity index is 1300. The average Bonchev–Trinajstić information content (AvgIpc) is 2.77. The van der Waals surface area contributed by atoms with Gasteiger partial charge in [-0.25, -0.2) is 8.42 Å². The first kappa shape index (κ1) is 25.8. The molecular weight excluding hydrogens is 514 g/mol. The van der Waals surface area contributed by atoms with Crippen LogP contribution in [-0.4, -0.2) is 25.9 Å². The van der Waals surface area contributed by atoms with E-state index in [0.717, 1.165) is 15.9 Å². The van der Waals surface area contributed by atoms with Gasteiger partial charge in [0.2, 0.25) is 5.91 Å². The lowest BCUT2D eigenvalue weighted by atomic mass is 10.2. The number of anilines is 1. The van der Waals surface area contributed by atoms with Crippen LogP contribution in [0, 0.1) is 6.92 Å². The highest BCUT2D eigenvalue weighted by Gasteiger charge is 2.34. The lowest BCUT2D eigenvalue weighted by Crippen LogP contribution is -2.41. The first-order valence-corrected chi connectivity index (χ1v) is 11.9. The van der Waals surface area contributed by atoms with Crippen molar-refractivity contribution in [2.45, 2.75) is 24.5 Å². The van der Waals surface area contributed by atoms with Gasteiger partial charge in [-0.2, -0.15) is 13.2 Å². The van der Waals surface area contributed by atoms with E-state index < -0.39 is 44.1 Å². The molecule has 0 saturated carbocycles. The third kappa shape index (κ3) is 5.99. The van der Waals surface area contributed by atoms with E-state index in [1.54, 1.807) is 25.1 Å². The molecule has 0 atom stereocenters. The van der Waals surface area contributed by atoms with Crippen LogP contribution in [0.3, 0.4) is 0 Å². The minimum Gasteiger partial charge on any atom is -0.350 e. The third-order valence-electron chi connectivity index (χ3n) is 4.72. The van der Waals surface area contributed by atoms with Crippen molar-refractivity contribution < 1.29 is 26.4 Å². The Labute approximate surface area is 204 Å². The molecule has 3 aromatic rings. The number of nitrogens with zero attached hydrogens (tertiary/aromatic N) is 2. The molecule has 2 aromatic carbocycles. The summed E-state index contributed by atoms with van der Waals surface area (Å²) in [5, 5.41) is 1.99.